The van der Waals surface area contributed by atoms with Gasteiger partial charge in [-0.2, -0.15) is 0 Å². The van der Waals surface area contributed by atoms with Crippen LogP contribution in [0.5, 0.6) is 0 Å². The maximum Gasteiger partial charge on any atom is 0.252 e. The second kappa shape index (κ2) is 4.94. The number of carbonyl (C=O) groups excluding carboxylic acids is 1. The van der Waals surface area contributed by atoms with Gasteiger partial charge in [0.1, 0.15) is 0 Å². The van der Waals surface area contributed by atoms with E-state index in [0.717, 1.165) is 5.56 Å². The van der Waals surface area contributed by atoms with E-state index in [1.807, 2.05) is 19.1 Å². The van der Waals surface area contributed by atoms with Gasteiger partial charge in [0.05, 0.1) is 10.7 Å². The van der Waals surface area contributed by atoms with Gasteiger partial charge in [0.25, 0.3) is 5.91 Å². The molecule has 0 atom stereocenters. The average molecular weight is 268 g/mol. The third-order valence-electron chi connectivity index (χ3n) is 2.58. The van der Waals surface area contributed by atoms with Crippen LogP contribution in [0.4, 0.5) is 5.69 Å². The van der Waals surface area contributed by atoms with Crippen molar-refractivity contribution in [3.05, 3.63) is 51.5 Å². The predicted octanol–water partition coefficient (Wildman–Crippen LogP) is 4.04. The van der Waals surface area contributed by atoms with Gasteiger partial charge in [-0.25, -0.2) is 0 Å². The quantitative estimate of drug-likeness (QED) is 0.861. The number of aryl methyl sites for hydroxylation is 1. The number of rotatable bonds is 2. The summed E-state index contributed by atoms with van der Waals surface area (Å²) >= 11 is 11.9. The monoisotopic (exact) mass is 267 g/mol. The lowest BCUT2D eigenvalue weighted by molar-refractivity contribution is -0.112. The molecule has 0 spiro atoms. The molecule has 1 amide bonds. The van der Waals surface area contributed by atoms with Crippen LogP contribution < -0.4 is 5.32 Å². The summed E-state index contributed by atoms with van der Waals surface area (Å²) in [6.07, 6.45) is 3.94. The summed E-state index contributed by atoms with van der Waals surface area (Å²) in [6.45, 7) is 1.90. The SMILES string of the molecule is Cc1cccc(Cl)c1NC(=O)C1=CC=C(Cl)C1. The lowest BCUT2D eigenvalue weighted by Crippen LogP contribution is -2.14. The zero-order valence-electron chi connectivity index (χ0n) is 9.26. The van der Waals surface area contributed by atoms with Crippen LogP contribution in [-0.4, -0.2) is 5.91 Å². The van der Waals surface area contributed by atoms with Gasteiger partial charge in [-0.1, -0.05) is 41.4 Å². The Labute approximate surface area is 110 Å². The van der Waals surface area contributed by atoms with Gasteiger partial charge < -0.3 is 5.32 Å². The molecular weight excluding hydrogens is 257 g/mol. The number of anilines is 1. The van der Waals surface area contributed by atoms with Gasteiger partial charge in [-0.05, 0) is 24.6 Å². The number of hydrogen-bond donors (Lipinski definition) is 1. The van der Waals surface area contributed by atoms with Crippen LogP contribution in [0.25, 0.3) is 0 Å². The molecular formula is C13H11Cl2NO. The van der Waals surface area contributed by atoms with Gasteiger partial charge >= 0.3 is 0 Å². The number of para-hydroxylation sites is 1. The van der Waals surface area contributed by atoms with E-state index >= 15 is 0 Å². The van der Waals surface area contributed by atoms with Crippen molar-refractivity contribution in [1.82, 2.24) is 0 Å². The van der Waals surface area contributed by atoms with E-state index in [4.69, 9.17) is 23.2 Å². The maximum absolute atomic E-state index is 11.9. The van der Waals surface area contributed by atoms with Gasteiger partial charge in [0, 0.05) is 17.0 Å². The van der Waals surface area contributed by atoms with Crippen molar-refractivity contribution in [3.63, 3.8) is 0 Å². The second-order valence-corrected chi connectivity index (χ2v) is 4.76. The highest BCUT2D eigenvalue weighted by Gasteiger charge is 2.16. The highest BCUT2D eigenvalue weighted by molar-refractivity contribution is 6.34. The number of halogens is 2. The minimum Gasteiger partial charge on any atom is -0.321 e. The molecule has 0 fully saturated rings. The molecule has 0 aliphatic heterocycles. The Kier molecular flexibility index (Phi) is 3.55. The van der Waals surface area contributed by atoms with E-state index in [1.165, 1.54) is 0 Å². The molecule has 1 N–H and O–H groups in total. The number of hydrogen-bond acceptors (Lipinski definition) is 1. The first-order valence-corrected chi connectivity index (χ1v) is 5.95. The summed E-state index contributed by atoms with van der Waals surface area (Å²) in [6, 6.07) is 5.49. The van der Waals surface area contributed by atoms with Crippen molar-refractivity contribution < 1.29 is 4.79 Å². The normalized spacial score (nSPS) is 14.3. The van der Waals surface area contributed by atoms with Crippen molar-refractivity contribution >= 4 is 34.8 Å². The highest BCUT2D eigenvalue weighted by atomic mass is 35.5. The number of carbonyl (C=O) groups is 1. The van der Waals surface area contributed by atoms with Crippen LogP contribution in [0.1, 0.15) is 12.0 Å². The molecule has 88 valence electrons. The zero-order valence-corrected chi connectivity index (χ0v) is 10.8. The molecule has 4 heteroatoms. The minimum absolute atomic E-state index is 0.159. The molecule has 1 aromatic rings. The van der Waals surface area contributed by atoms with Crippen LogP contribution in [0.3, 0.4) is 0 Å². The summed E-state index contributed by atoms with van der Waals surface area (Å²) in [5.41, 5.74) is 2.24. The van der Waals surface area contributed by atoms with E-state index < -0.39 is 0 Å². The molecule has 0 aromatic heterocycles. The van der Waals surface area contributed by atoms with Gasteiger partial charge in [-0.3, -0.25) is 4.79 Å². The first kappa shape index (κ1) is 12.2. The molecule has 2 rings (SSSR count). The smallest absolute Gasteiger partial charge is 0.252 e. The molecule has 1 aliphatic carbocycles. The van der Waals surface area contributed by atoms with E-state index in [2.05, 4.69) is 5.32 Å². The minimum atomic E-state index is -0.159. The van der Waals surface area contributed by atoms with E-state index in [-0.39, 0.29) is 5.91 Å². The fourth-order valence-electron chi connectivity index (χ4n) is 1.63. The van der Waals surface area contributed by atoms with Gasteiger partial charge in [0.2, 0.25) is 0 Å². The van der Waals surface area contributed by atoms with Crippen LogP contribution in [-0.2, 0) is 4.79 Å². The molecule has 0 radical (unpaired) electrons. The van der Waals surface area contributed by atoms with Crippen LogP contribution >= 0.6 is 23.2 Å². The molecule has 0 bridgehead atoms. The van der Waals surface area contributed by atoms with Crippen LogP contribution in [0.2, 0.25) is 5.02 Å². The fraction of sp³-hybridized carbons (Fsp3) is 0.154. The first-order valence-electron chi connectivity index (χ1n) is 5.19. The number of nitrogens with one attached hydrogen (secondary N) is 1. The third-order valence-corrected chi connectivity index (χ3v) is 3.15. The van der Waals surface area contributed by atoms with Crippen molar-refractivity contribution in [3.8, 4) is 0 Å². The van der Waals surface area contributed by atoms with Gasteiger partial charge in [0.15, 0.2) is 0 Å². The summed E-state index contributed by atoms with van der Waals surface area (Å²) in [7, 11) is 0. The van der Waals surface area contributed by atoms with E-state index in [1.54, 1.807) is 18.2 Å². The number of amides is 1. The summed E-state index contributed by atoms with van der Waals surface area (Å²) < 4.78 is 0. The fourth-order valence-corrected chi connectivity index (χ4v) is 2.11. The van der Waals surface area contributed by atoms with Gasteiger partial charge in [-0.15, -0.1) is 0 Å². The number of benzene rings is 1. The Morgan fingerprint density at radius 3 is 2.65 bits per heavy atom. The highest BCUT2D eigenvalue weighted by Crippen LogP contribution is 2.28. The maximum atomic E-state index is 11.9. The first-order chi connectivity index (χ1) is 8.08. The van der Waals surface area contributed by atoms with Crippen molar-refractivity contribution in [2.75, 3.05) is 5.32 Å². The summed E-state index contributed by atoms with van der Waals surface area (Å²) in [4.78, 5) is 11.9. The second-order valence-electron chi connectivity index (χ2n) is 3.87. The summed E-state index contributed by atoms with van der Waals surface area (Å²) in [5.74, 6) is -0.159. The average Bonchev–Trinajstić information content (AvgIpc) is 2.70. The van der Waals surface area contributed by atoms with Crippen molar-refractivity contribution in [2.24, 2.45) is 0 Å². The Hall–Kier alpha value is -1.25. The largest absolute Gasteiger partial charge is 0.321 e. The predicted molar refractivity (Wildman–Crippen MR) is 71.5 cm³/mol. The van der Waals surface area contributed by atoms with Crippen LogP contribution in [0.15, 0.2) is 41.0 Å². The molecule has 17 heavy (non-hydrogen) atoms. The molecule has 0 heterocycles. The van der Waals surface area contributed by atoms with Crippen molar-refractivity contribution in [2.45, 2.75) is 13.3 Å². The topological polar surface area (TPSA) is 29.1 Å². The molecule has 0 unspecified atom stereocenters. The Balaban J connectivity index is 2.15. The Bertz CT molecular complexity index is 512. The Morgan fingerprint density at radius 1 is 1.29 bits per heavy atom. The third kappa shape index (κ3) is 2.71. The summed E-state index contributed by atoms with van der Waals surface area (Å²) in [5, 5.41) is 4.02. The number of allylic oxidation sites excluding steroid dienone is 3. The van der Waals surface area contributed by atoms with Crippen molar-refractivity contribution in [1.29, 1.82) is 0 Å². The molecule has 0 saturated heterocycles. The Morgan fingerprint density at radius 2 is 2.06 bits per heavy atom. The van der Waals surface area contributed by atoms with E-state index in [0.29, 0.717) is 27.7 Å². The lowest BCUT2D eigenvalue weighted by Gasteiger charge is -2.10. The molecule has 1 aromatic carbocycles. The van der Waals surface area contributed by atoms with Crippen LogP contribution in [0, 0.1) is 6.92 Å². The zero-order chi connectivity index (χ0) is 12.4. The molecule has 2 nitrogen and oxygen atoms in total. The molecule has 1 aliphatic rings. The molecule has 0 saturated carbocycles. The standard InChI is InChI=1S/C13H11Cl2NO/c1-8-3-2-4-11(15)12(8)16-13(17)9-5-6-10(14)7-9/h2-6H,7H2,1H3,(H,16,17). The van der Waals surface area contributed by atoms with E-state index in [9.17, 15) is 4.79 Å². The lowest BCUT2D eigenvalue weighted by atomic mass is 10.1.